The molecule has 0 radical (unpaired) electrons. The molecule has 0 spiro atoms. The fourth-order valence-corrected chi connectivity index (χ4v) is 4.23. The van der Waals surface area contributed by atoms with Crippen LogP contribution in [0.1, 0.15) is 0 Å². The number of fused-ring (bicyclic) bond motifs is 1. The highest BCUT2D eigenvalue weighted by atomic mass is 32.2. The normalized spacial score (nSPS) is 11.3. The van der Waals surface area contributed by atoms with Crippen LogP contribution in [-0.4, -0.2) is 34.5 Å². The third-order valence-corrected chi connectivity index (χ3v) is 5.58. The molecule has 0 aliphatic heterocycles. The van der Waals surface area contributed by atoms with E-state index in [4.69, 9.17) is 9.47 Å². The standard InChI is InChI=1S/C19H15F2N3O3S2/c1-26-5-6-27-15-8-12(20)2-3-13(15)16-17(11-9-22-24(10-11)29-21)23-19(25)14-4-7-28-18(14)16/h2-4,7-10H,5-6H2,1H3,(H,23,25). The predicted molar refractivity (Wildman–Crippen MR) is 111 cm³/mol. The molecule has 4 aromatic rings. The molecular weight excluding hydrogens is 420 g/mol. The number of benzene rings is 1. The van der Waals surface area contributed by atoms with Gasteiger partial charge >= 0.3 is 0 Å². The highest BCUT2D eigenvalue weighted by molar-refractivity contribution is 7.92. The summed E-state index contributed by atoms with van der Waals surface area (Å²) < 4.78 is 39.4. The second kappa shape index (κ2) is 8.36. The van der Waals surface area contributed by atoms with E-state index in [9.17, 15) is 13.1 Å². The summed E-state index contributed by atoms with van der Waals surface area (Å²) in [6.45, 7) is 0.568. The smallest absolute Gasteiger partial charge is 0.257 e. The molecule has 3 heterocycles. The number of nitrogens with zero attached hydrogens (tertiary/aromatic N) is 2. The second-order valence-electron chi connectivity index (χ2n) is 6.05. The van der Waals surface area contributed by atoms with Crippen molar-refractivity contribution in [2.75, 3.05) is 20.3 Å². The Morgan fingerprint density at radius 1 is 1.31 bits per heavy atom. The SMILES string of the molecule is COCCOc1cc(F)ccc1-c1c(-c2cnn(SF)c2)[nH]c(=O)c2ccsc12. The van der Waals surface area contributed by atoms with Crippen molar-refractivity contribution < 1.29 is 17.7 Å². The number of H-pyrrole nitrogens is 1. The first-order valence-corrected chi connectivity index (χ1v) is 10.1. The van der Waals surface area contributed by atoms with Crippen LogP contribution in [0.5, 0.6) is 5.75 Å². The molecule has 0 amide bonds. The third kappa shape index (κ3) is 3.78. The lowest BCUT2D eigenvalue weighted by molar-refractivity contribution is 0.146. The van der Waals surface area contributed by atoms with Crippen LogP contribution in [0.4, 0.5) is 8.28 Å². The van der Waals surface area contributed by atoms with Crippen molar-refractivity contribution in [2.24, 2.45) is 0 Å². The van der Waals surface area contributed by atoms with Gasteiger partial charge in [0.15, 0.2) is 12.3 Å². The Morgan fingerprint density at radius 2 is 2.17 bits per heavy atom. The van der Waals surface area contributed by atoms with Gasteiger partial charge in [-0.25, -0.2) is 4.39 Å². The third-order valence-electron chi connectivity index (χ3n) is 4.30. The highest BCUT2D eigenvalue weighted by Gasteiger charge is 2.21. The molecule has 4 rings (SSSR count). The van der Waals surface area contributed by atoms with Crippen molar-refractivity contribution in [3.05, 3.63) is 58.2 Å². The van der Waals surface area contributed by atoms with Gasteiger partial charge in [0.1, 0.15) is 18.2 Å². The monoisotopic (exact) mass is 435 g/mol. The van der Waals surface area contributed by atoms with Gasteiger partial charge in [0.25, 0.3) is 5.56 Å². The summed E-state index contributed by atoms with van der Waals surface area (Å²) in [6, 6.07) is 5.94. The number of aromatic nitrogens is 3. The van der Waals surface area contributed by atoms with E-state index in [1.807, 2.05) is 5.38 Å². The van der Waals surface area contributed by atoms with Crippen molar-refractivity contribution in [1.29, 1.82) is 0 Å². The summed E-state index contributed by atoms with van der Waals surface area (Å²) in [4.78, 5) is 15.4. The molecule has 0 unspecified atom stereocenters. The van der Waals surface area contributed by atoms with Gasteiger partial charge in [-0.15, -0.1) is 15.2 Å². The molecule has 1 aromatic carbocycles. The zero-order valence-corrected chi connectivity index (χ0v) is 16.8. The lowest BCUT2D eigenvalue weighted by Gasteiger charge is -2.15. The van der Waals surface area contributed by atoms with Gasteiger partial charge in [-0.2, -0.15) is 9.19 Å². The van der Waals surface area contributed by atoms with Gasteiger partial charge in [-0.3, -0.25) is 4.79 Å². The molecule has 0 saturated carbocycles. The minimum Gasteiger partial charge on any atom is -0.490 e. The Morgan fingerprint density at radius 3 is 2.93 bits per heavy atom. The second-order valence-corrected chi connectivity index (χ2v) is 7.48. The van der Waals surface area contributed by atoms with Crippen molar-refractivity contribution in [1.82, 2.24) is 14.2 Å². The van der Waals surface area contributed by atoms with Crippen molar-refractivity contribution in [3.8, 4) is 28.1 Å². The molecular formula is C19H15F2N3O3S2. The molecule has 10 heteroatoms. The Balaban J connectivity index is 1.98. The number of ether oxygens (including phenoxy) is 2. The number of rotatable bonds is 7. The predicted octanol–water partition coefficient (Wildman–Crippen LogP) is 4.67. The fraction of sp³-hybridized carbons (Fsp3) is 0.158. The molecule has 0 fully saturated rings. The van der Waals surface area contributed by atoms with E-state index in [2.05, 4.69) is 10.1 Å². The molecule has 0 bridgehead atoms. The average molecular weight is 435 g/mol. The number of aromatic amines is 1. The summed E-state index contributed by atoms with van der Waals surface area (Å²) in [5.74, 6) is -0.131. The van der Waals surface area contributed by atoms with Gasteiger partial charge in [-0.05, 0) is 23.6 Å². The van der Waals surface area contributed by atoms with E-state index in [0.29, 0.717) is 44.8 Å². The molecule has 6 nitrogen and oxygen atoms in total. The van der Waals surface area contributed by atoms with Crippen LogP contribution in [-0.2, 0) is 4.74 Å². The van der Waals surface area contributed by atoms with Crippen molar-refractivity contribution in [3.63, 3.8) is 0 Å². The molecule has 0 atom stereocenters. The maximum absolute atomic E-state index is 13.9. The van der Waals surface area contributed by atoms with Gasteiger partial charge in [0.05, 0.1) is 23.9 Å². The molecule has 3 aromatic heterocycles. The molecule has 29 heavy (non-hydrogen) atoms. The van der Waals surface area contributed by atoms with E-state index >= 15 is 0 Å². The lowest BCUT2D eigenvalue weighted by Crippen LogP contribution is -2.09. The van der Waals surface area contributed by atoms with E-state index in [1.165, 1.54) is 35.9 Å². The Hall–Kier alpha value is -2.69. The zero-order chi connectivity index (χ0) is 20.4. The fourth-order valence-electron chi connectivity index (χ4n) is 3.04. The molecule has 0 saturated heterocycles. The number of hydrogen-bond donors (Lipinski definition) is 1. The largest absolute Gasteiger partial charge is 0.490 e. The van der Waals surface area contributed by atoms with Gasteiger partial charge in [-0.1, -0.05) is 0 Å². The van der Waals surface area contributed by atoms with Gasteiger partial charge in [0, 0.05) is 40.8 Å². The van der Waals surface area contributed by atoms with Crippen LogP contribution in [0.15, 0.2) is 46.8 Å². The van der Waals surface area contributed by atoms with Crippen LogP contribution >= 0.6 is 23.7 Å². The number of methoxy groups -OCH3 is 1. The van der Waals surface area contributed by atoms with Crippen LogP contribution in [0, 0.1) is 5.82 Å². The summed E-state index contributed by atoms with van der Waals surface area (Å²) in [7, 11) is 1.55. The molecule has 150 valence electrons. The molecule has 0 aliphatic carbocycles. The average Bonchev–Trinajstić information content (AvgIpc) is 3.39. The van der Waals surface area contributed by atoms with Crippen LogP contribution in [0.25, 0.3) is 32.5 Å². The van der Waals surface area contributed by atoms with E-state index in [1.54, 1.807) is 19.2 Å². The van der Waals surface area contributed by atoms with Crippen molar-refractivity contribution >= 4 is 33.8 Å². The van der Waals surface area contributed by atoms with E-state index in [-0.39, 0.29) is 24.5 Å². The minimum absolute atomic E-state index is 0.0579. The highest BCUT2D eigenvalue weighted by Crippen LogP contribution is 2.42. The Bertz CT molecular complexity index is 1220. The maximum atomic E-state index is 13.9. The van der Waals surface area contributed by atoms with Crippen LogP contribution < -0.4 is 10.3 Å². The number of pyridine rings is 1. The number of thiophene rings is 1. The van der Waals surface area contributed by atoms with Gasteiger partial charge < -0.3 is 14.5 Å². The van der Waals surface area contributed by atoms with Crippen LogP contribution in [0.3, 0.4) is 0 Å². The first-order valence-electron chi connectivity index (χ1n) is 8.51. The quantitative estimate of drug-likeness (QED) is 0.428. The summed E-state index contributed by atoms with van der Waals surface area (Å²) in [6.07, 6.45) is 2.92. The number of halogens is 2. The lowest BCUT2D eigenvalue weighted by atomic mass is 9.99. The van der Waals surface area contributed by atoms with E-state index in [0.717, 1.165) is 4.09 Å². The first-order chi connectivity index (χ1) is 14.1. The number of hydrogen-bond acceptors (Lipinski definition) is 6. The van der Waals surface area contributed by atoms with Crippen molar-refractivity contribution in [2.45, 2.75) is 0 Å². The zero-order valence-electron chi connectivity index (χ0n) is 15.1. The molecule has 0 aliphatic rings. The Kier molecular flexibility index (Phi) is 5.65. The summed E-state index contributed by atoms with van der Waals surface area (Å²) >= 11 is 1.33. The molecule has 1 N–H and O–H groups in total. The maximum Gasteiger partial charge on any atom is 0.257 e. The Labute approximate surface area is 172 Å². The first kappa shape index (κ1) is 19.6. The van der Waals surface area contributed by atoms with Gasteiger partial charge in [0.2, 0.25) is 0 Å². The van der Waals surface area contributed by atoms with E-state index < -0.39 is 5.82 Å². The summed E-state index contributed by atoms with van der Waals surface area (Å²) in [5, 5.41) is 6.23. The number of nitrogens with one attached hydrogen (secondary N) is 1. The van der Waals surface area contributed by atoms with Crippen LogP contribution in [0.2, 0.25) is 0 Å². The summed E-state index contributed by atoms with van der Waals surface area (Å²) in [5.41, 5.74) is 1.95. The topological polar surface area (TPSA) is 69.1 Å². The minimum atomic E-state index is -0.448.